The monoisotopic (exact) mass is 302 g/mol. The fourth-order valence-corrected chi connectivity index (χ4v) is 2.90. The van der Waals surface area contributed by atoms with Crippen LogP contribution in [0.4, 0.5) is 4.79 Å². The van der Waals surface area contributed by atoms with E-state index in [-0.39, 0.29) is 6.54 Å². The van der Waals surface area contributed by atoms with Crippen molar-refractivity contribution in [3.05, 3.63) is 40.9 Å². The van der Waals surface area contributed by atoms with E-state index in [9.17, 15) is 14.4 Å². The van der Waals surface area contributed by atoms with E-state index in [0.29, 0.717) is 10.5 Å². The van der Waals surface area contributed by atoms with Gasteiger partial charge in [-0.05, 0) is 23.9 Å². The van der Waals surface area contributed by atoms with Gasteiger partial charge in [0.2, 0.25) is 0 Å². The van der Waals surface area contributed by atoms with Gasteiger partial charge in [-0.3, -0.25) is 19.7 Å². The van der Waals surface area contributed by atoms with Crippen LogP contribution in [0.25, 0.3) is 17.0 Å². The molecule has 1 aromatic carbocycles. The first kappa shape index (κ1) is 13.4. The number of aliphatic carboxylic acids is 1. The summed E-state index contributed by atoms with van der Waals surface area (Å²) in [4.78, 5) is 34.0. The number of carboxylic acids is 1. The Morgan fingerprint density at radius 3 is 2.76 bits per heavy atom. The third kappa shape index (κ3) is 2.55. The smallest absolute Gasteiger partial charge is 0.323 e. The van der Waals surface area contributed by atoms with E-state index in [1.54, 1.807) is 16.8 Å². The Kier molecular flexibility index (Phi) is 3.26. The number of fused-ring (bicyclic) bond motifs is 1. The van der Waals surface area contributed by atoms with Crippen LogP contribution in [0, 0.1) is 0 Å². The summed E-state index contributed by atoms with van der Waals surface area (Å²) >= 11 is 0.836. The molecule has 0 radical (unpaired) electrons. The van der Waals surface area contributed by atoms with Crippen LogP contribution in [0.15, 0.2) is 35.4 Å². The first-order valence-electron chi connectivity index (χ1n) is 6.09. The van der Waals surface area contributed by atoms with E-state index in [0.717, 1.165) is 22.7 Å². The number of carbonyl (C=O) groups is 3. The molecule has 1 saturated heterocycles. The Bertz CT molecular complexity index is 806. The molecule has 0 bridgehead atoms. The molecule has 21 heavy (non-hydrogen) atoms. The van der Waals surface area contributed by atoms with Gasteiger partial charge >= 0.3 is 5.97 Å². The topological polar surface area (TPSA) is 88.4 Å². The van der Waals surface area contributed by atoms with Gasteiger partial charge in [-0.25, -0.2) is 0 Å². The van der Waals surface area contributed by atoms with Crippen LogP contribution in [-0.2, 0) is 16.1 Å². The quantitative estimate of drug-likeness (QED) is 0.847. The highest BCUT2D eigenvalue weighted by molar-refractivity contribution is 8.18. The lowest BCUT2D eigenvalue weighted by atomic mass is 10.1. The van der Waals surface area contributed by atoms with Crippen molar-refractivity contribution in [3.8, 4) is 0 Å². The number of para-hydroxylation sites is 1. The maximum Gasteiger partial charge on any atom is 0.323 e. The molecular formula is C14H10N2O4S. The fourth-order valence-electron chi connectivity index (χ4n) is 2.23. The second-order valence-corrected chi connectivity index (χ2v) is 5.49. The molecular weight excluding hydrogens is 292 g/mol. The van der Waals surface area contributed by atoms with E-state index in [2.05, 4.69) is 5.32 Å². The SMILES string of the molecule is O=C(O)Cn1cc(/C=C2/SC(=O)NC2=O)c2ccccc21. The maximum atomic E-state index is 11.6. The molecule has 0 unspecified atom stereocenters. The Morgan fingerprint density at radius 1 is 1.33 bits per heavy atom. The molecule has 2 heterocycles. The molecule has 2 amide bonds. The lowest BCUT2D eigenvalue weighted by Crippen LogP contribution is -2.17. The van der Waals surface area contributed by atoms with Crippen LogP contribution in [-0.4, -0.2) is 26.8 Å². The number of carbonyl (C=O) groups excluding carboxylic acids is 2. The average molecular weight is 302 g/mol. The van der Waals surface area contributed by atoms with E-state index >= 15 is 0 Å². The number of aromatic nitrogens is 1. The van der Waals surface area contributed by atoms with Gasteiger partial charge < -0.3 is 9.67 Å². The molecule has 0 aliphatic carbocycles. The minimum atomic E-state index is -0.946. The van der Waals surface area contributed by atoms with Gasteiger partial charge in [0.05, 0.1) is 4.91 Å². The number of hydrogen-bond donors (Lipinski definition) is 2. The van der Waals surface area contributed by atoms with Gasteiger partial charge in [0, 0.05) is 22.7 Å². The maximum absolute atomic E-state index is 11.6. The molecule has 6 nitrogen and oxygen atoms in total. The van der Waals surface area contributed by atoms with Crippen molar-refractivity contribution in [2.45, 2.75) is 6.54 Å². The van der Waals surface area contributed by atoms with Gasteiger partial charge in [0.25, 0.3) is 11.1 Å². The second kappa shape index (κ2) is 5.10. The third-order valence-corrected chi connectivity index (χ3v) is 3.86. The summed E-state index contributed by atoms with van der Waals surface area (Å²) in [6.45, 7) is -0.165. The lowest BCUT2D eigenvalue weighted by molar-refractivity contribution is -0.137. The third-order valence-electron chi connectivity index (χ3n) is 3.05. The van der Waals surface area contributed by atoms with Crippen molar-refractivity contribution in [2.75, 3.05) is 0 Å². The average Bonchev–Trinajstić information content (AvgIpc) is 2.91. The van der Waals surface area contributed by atoms with Crippen molar-refractivity contribution in [1.29, 1.82) is 0 Å². The van der Waals surface area contributed by atoms with Crippen molar-refractivity contribution >= 4 is 45.9 Å². The lowest BCUT2D eigenvalue weighted by Gasteiger charge is -1.99. The van der Waals surface area contributed by atoms with Crippen molar-refractivity contribution < 1.29 is 19.5 Å². The largest absolute Gasteiger partial charge is 0.480 e. The summed E-state index contributed by atoms with van der Waals surface area (Å²) in [6, 6.07) is 7.31. The number of thioether (sulfide) groups is 1. The van der Waals surface area contributed by atoms with Crippen LogP contribution in [0.1, 0.15) is 5.56 Å². The molecule has 0 spiro atoms. The van der Waals surface area contributed by atoms with Gasteiger partial charge in [0.1, 0.15) is 6.54 Å². The molecule has 7 heteroatoms. The minimum absolute atomic E-state index is 0.165. The highest BCUT2D eigenvalue weighted by Crippen LogP contribution is 2.29. The predicted octanol–water partition coefficient (Wildman–Crippen LogP) is 2.05. The second-order valence-electron chi connectivity index (χ2n) is 4.48. The molecule has 1 aromatic heterocycles. The number of nitrogens with zero attached hydrogens (tertiary/aromatic N) is 1. The molecule has 0 atom stereocenters. The number of benzene rings is 1. The Labute approximate surface area is 123 Å². The van der Waals surface area contributed by atoms with Gasteiger partial charge in [0.15, 0.2) is 0 Å². The van der Waals surface area contributed by atoms with Crippen molar-refractivity contribution in [1.82, 2.24) is 9.88 Å². The van der Waals surface area contributed by atoms with E-state index in [4.69, 9.17) is 5.11 Å². The number of amides is 2. The number of rotatable bonds is 3. The van der Waals surface area contributed by atoms with Crippen molar-refractivity contribution in [2.24, 2.45) is 0 Å². The Balaban J connectivity index is 2.11. The zero-order chi connectivity index (χ0) is 15.0. The molecule has 2 aromatic rings. The number of nitrogens with one attached hydrogen (secondary N) is 1. The summed E-state index contributed by atoms with van der Waals surface area (Å²) in [6.07, 6.45) is 3.27. The van der Waals surface area contributed by atoms with Crippen LogP contribution in [0.2, 0.25) is 0 Å². The zero-order valence-corrected chi connectivity index (χ0v) is 11.5. The summed E-state index contributed by atoms with van der Waals surface area (Å²) in [5, 5.41) is 11.6. The number of carboxylic acid groups (broad SMARTS) is 1. The van der Waals surface area contributed by atoms with Crippen LogP contribution >= 0.6 is 11.8 Å². The standard InChI is InChI=1S/C14H10N2O4S/c17-12(18)7-16-6-8(9-3-1-2-4-10(9)16)5-11-13(19)15-14(20)21-11/h1-6H,7H2,(H,17,18)(H,15,19,20)/b11-5+. The first-order valence-corrected chi connectivity index (χ1v) is 6.91. The van der Waals surface area contributed by atoms with Gasteiger partial charge in [-0.15, -0.1) is 0 Å². The summed E-state index contributed by atoms with van der Waals surface area (Å²) in [7, 11) is 0. The highest BCUT2D eigenvalue weighted by Gasteiger charge is 2.25. The van der Waals surface area contributed by atoms with E-state index < -0.39 is 17.1 Å². The molecule has 0 saturated carbocycles. The van der Waals surface area contributed by atoms with E-state index in [1.807, 2.05) is 24.3 Å². The van der Waals surface area contributed by atoms with Crippen LogP contribution in [0.3, 0.4) is 0 Å². The zero-order valence-electron chi connectivity index (χ0n) is 10.7. The molecule has 106 valence electrons. The van der Waals surface area contributed by atoms with Crippen LogP contribution in [0.5, 0.6) is 0 Å². The molecule has 1 aliphatic rings. The minimum Gasteiger partial charge on any atom is -0.480 e. The molecule has 1 aliphatic heterocycles. The van der Waals surface area contributed by atoms with Gasteiger partial charge in [-0.1, -0.05) is 18.2 Å². The Morgan fingerprint density at radius 2 is 2.10 bits per heavy atom. The molecule has 2 N–H and O–H groups in total. The van der Waals surface area contributed by atoms with Crippen molar-refractivity contribution in [3.63, 3.8) is 0 Å². The number of hydrogen-bond acceptors (Lipinski definition) is 4. The van der Waals surface area contributed by atoms with E-state index in [1.165, 1.54) is 0 Å². The summed E-state index contributed by atoms with van der Waals surface area (Å²) in [5.41, 5.74) is 1.47. The normalized spacial score (nSPS) is 16.7. The number of imide groups is 1. The highest BCUT2D eigenvalue weighted by atomic mass is 32.2. The summed E-state index contributed by atoms with van der Waals surface area (Å²) in [5.74, 6) is -1.38. The molecule has 3 rings (SSSR count). The predicted molar refractivity (Wildman–Crippen MR) is 78.7 cm³/mol. The first-order chi connectivity index (χ1) is 10.0. The summed E-state index contributed by atoms with van der Waals surface area (Å²) < 4.78 is 1.60. The van der Waals surface area contributed by atoms with Gasteiger partial charge in [-0.2, -0.15) is 0 Å². The van der Waals surface area contributed by atoms with Crippen LogP contribution < -0.4 is 5.32 Å². The Hall–Kier alpha value is -2.54. The molecule has 1 fully saturated rings. The fraction of sp³-hybridized carbons (Fsp3) is 0.0714.